The van der Waals surface area contributed by atoms with Crippen LogP contribution < -0.4 is 14.2 Å². The maximum Gasteiger partial charge on any atom is 0.472 e. The molecule has 13 N–H and O–H groups in total. The van der Waals surface area contributed by atoms with Crippen molar-refractivity contribution in [3.8, 4) is 17.2 Å². The number of aliphatic hydroxyl groups excluding tert-OH is 4. The van der Waals surface area contributed by atoms with Gasteiger partial charge in [-0.15, -0.1) is 0 Å². The predicted molar refractivity (Wildman–Crippen MR) is 475 cm³/mol. The van der Waals surface area contributed by atoms with E-state index in [9.17, 15) is 109 Å². The first-order valence-corrected chi connectivity index (χ1v) is 44.9. The number of carboxylic acid groups (broad SMARTS) is 8. The number of aromatic nitrogens is 4. The predicted octanol–water partition coefficient (Wildman–Crippen LogP) is 10.4. The number of hydrogen-bond donors (Lipinski definition) is 13. The Balaban J connectivity index is 0.000000305. The molecule has 0 aliphatic heterocycles. The fourth-order valence-electron chi connectivity index (χ4n) is 17.1. The van der Waals surface area contributed by atoms with E-state index in [2.05, 4.69) is 46.3 Å². The highest BCUT2D eigenvalue weighted by Gasteiger charge is 2.42. The topological polar surface area (TPSA) is 540 Å². The van der Waals surface area contributed by atoms with Gasteiger partial charge in [-0.1, -0.05) is 83.7 Å². The number of carboxylic acids is 8. The van der Waals surface area contributed by atoms with Crippen molar-refractivity contribution in [2.24, 2.45) is 0 Å². The molecule has 0 spiro atoms. The van der Waals surface area contributed by atoms with Gasteiger partial charge in [-0.05, 0) is 143 Å². The number of phosphoric ester groups is 1. The Hall–Kier alpha value is -10.3. The van der Waals surface area contributed by atoms with Gasteiger partial charge in [-0.2, -0.15) is 0 Å². The summed E-state index contributed by atoms with van der Waals surface area (Å²) in [6.07, 6.45) is 18.6. The lowest BCUT2D eigenvalue weighted by molar-refractivity contribution is -0.142. The normalized spacial score (nSPS) is 19.3. The minimum Gasteiger partial charge on any atom is -0.512 e. The molecule has 718 valence electrons. The summed E-state index contributed by atoms with van der Waals surface area (Å²) in [6.45, 7) is 27.5. The van der Waals surface area contributed by atoms with Crippen LogP contribution in [-0.4, -0.2) is 324 Å². The van der Waals surface area contributed by atoms with Gasteiger partial charge >= 0.3 is 55.6 Å². The monoisotopic (exact) mass is 1830 g/mol. The third-order valence-electron chi connectivity index (χ3n) is 21.5. The summed E-state index contributed by atoms with van der Waals surface area (Å²) >= 11 is 0. The number of aliphatic hydroxyl groups is 4. The summed E-state index contributed by atoms with van der Waals surface area (Å²) in [7, 11) is -4.30. The second-order valence-electron chi connectivity index (χ2n) is 33.8. The fourth-order valence-corrected chi connectivity index (χ4v) is 18.0. The molecular weight excluding hydrogens is 1700 g/mol. The molecule has 4 saturated carbocycles. The van der Waals surface area contributed by atoms with Crippen LogP contribution in [0.25, 0.3) is 0 Å². The van der Waals surface area contributed by atoms with Crippen LogP contribution in [0.2, 0.25) is 0 Å². The van der Waals surface area contributed by atoms with Crippen LogP contribution in [0.3, 0.4) is 0 Å². The minimum absolute atomic E-state index is 0.00394. The highest BCUT2D eigenvalue weighted by atomic mass is 31.2. The number of rotatable bonds is 51. The van der Waals surface area contributed by atoms with Gasteiger partial charge in [-0.25, -0.2) is 4.57 Å². The van der Waals surface area contributed by atoms with Gasteiger partial charge in [0, 0.05) is 105 Å². The third kappa shape index (κ3) is 41.6. The minimum atomic E-state index is -4.30. The Kier molecular flexibility index (Phi) is 47.1. The summed E-state index contributed by atoms with van der Waals surface area (Å²) in [6, 6.07) is 12.2. The Morgan fingerprint density at radius 3 is 0.992 bits per heavy atom. The Labute approximate surface area is 754 Å². The van der Waals surface area contributed by atoms with Crippen LogP contribution in [-0.2, 0) is 84.8 Å². The molecule has 0 amide bonds. The molecule has 39 nitrogen and oxygen atoms in total. The summed E-state index contributed by atoms with van der Waals surface area (Å²) < 4.78 is 39.4. The van der Waals surface area contributed by atoms with Crippen LogP contribution in [0, 0.1) is 0 Å². The highest BCUT2D eigenvalue weighted by Crippen LogP contribution is 2.46. The lowest BCUT2D eigenvalue weighted by Gasteiger charge is -2.44. The van der Waals surface area contributed by atoms with Crippen molar-refractivity contribution in [2.75, 3.05) is 78.5 Å². The van der Waals surface area contributed by atoms with Crippen molar-refractivity contribution in [2.45, 2.75) is 264 Å². The van der Waals surface area contributed by atoms with Gasteiger partial charge in [0.25, 0.3) is 0 Å². The zero-order valence-corrected chi connectivity index (χ0v) is 76.3. The van der Waals surface area contributed by atoms with Crippen molar-refractivity contribution in [1.82, 2.24) is 59.1 Å². The summed E-state index contributed by atoms with van der Waals surface area (Å²) in [5, 5.41) is 115. The molecule has 4 fully saturated rings. The third-order valence-corrected chi connectivity index (χ3v) is 22.6. The van der Waals surface area contributed by atoms with Crippen molar-refractivity contribution in [3.63, 3.8) is 0 Å². The lowest BCUT2D eigenvalue weighted by atomic mass is 9.87. The zero-order valence-electron chi connectivity index (χ0n) is 75.4. The van der Waals surface area contributed by atoms with E-state index >= 15 is 0 Å². The molecular formula is C89H135N12O27P. The van der Waals surface area contributed by atoms with E-state index in [4.69, 9.17) is 23.3 Å². The van der Waals surface area contributed by atoms with Gasteiger partial charge in [0.1, 0.15) is 17.2 Å². The van der Waals surface area contributed by atoms with Crippen LogP contribution >= 0.6 is 7.82 Å². The molecule has 8 rings (SSSR count). The van der Waals surface area contributed by atoms with Crippen molar-refractivity contribution >= 4 is 55.6 Å². The SMILES string of the molecule is C=C(O)CN(CC(=O)O)C1CCCC[C@@H]1N(CC(=O)O)Cc1cc(OC(C)C)ccn1.C=C(O)CN(CC(=O)O)C1CCCC[C@@H]1N(CC(=O)O)Cc1ccc(OC(C)C)cn1.C=C(O)CN(CC(=O)O)C1CCCC[C@@H]1N(CC(=O)O)Cc1ncccc1COP(=O)(O)OC(C)C.C=C(O)CN(CC(=O)O)C1CCCC[C@@H]1N(CC(=O)O)Cc1ncccc1OC(C)C. The number of carbonyl (C=O) groups is 8. The fraction of sp³-hybridized carbons (Fsp3) is 0.596. The first kappa shape index (κ1) is 109. The summed E-state index contributed by atoms with van der Waals surface area (Å²) in [4.78, 5) is 134. The molecule has 4 aromatic rings. The Morgan fingerprint density at radius 2 is 0.667 bits per heavy atom. The molecule has 0 bridgehead atoms. The van der Waals surface area contributed by atoms with E-state index < -0.39 is 61.7 Å². The molecule has 0 radical (unpaired) electrons. The molecule has 4 heterocycles. The largest absolute Gasteiger partial charge is 0.512 e. The molecule has 4 aliphatic carbocycles. The molecule has 40 heteroatoms. The number of hydrogen-bond acceptors (Lipinski definition) is 30. The number of ether oxygens (including phenoxy) is 3. The first-order chi connectivity index (χ1) is 60.8. The van der Waals surface area contributed by atoms with Crippen LogP contribution in [0.15, 0.2) is 123 Å². The van der Waals surface area contributed by atoms with E-state index in [1.807, 2.05) is 74.4 Å². The van der Waals surface area contributed by atoms with E-state index in [-0.39, 0.29) is 188 Å². The average molecular weight is 1840 g/mol. The molecule has 0 aromatic carbocycles. The number of aliphatic carboxylic acids is 8. The second kappa shape index (κ2) is 55.7. The molecule has 0 saturated heterocycles. The van der Waals surface area contributed by atoms with E-state index in [1.165, 1.54) is 6.20 Å². The van der Waals surface area contributed by atoms with Crippen molar-refractivity contribution < 1.29 is 132 Å². The molecule has 5 unspecified atom stereocenters. The number of pyridine rings is 4. The van der Waals surface area contributed by atoms with Gasteiger partial charge in [0.2, 0.25) is 0 Å². The van der Waals surface area contributed by atoms with Crippen LogP contribution in [0.4, 0.5) is 0 Å². The van der Waals surface area contributed by atoms with E-state index in [0.29, 0.717) is 84.4 Å². The summed E-state index contributed by atoms with van der Waals surface area (Å²) in [5.41, 5.74) is 2.98. The van der Waals surface area contributed by atoms with Crippen LogP contribution in [0.1, 0.15) is 186 Å². The average Bonchev–Trinajstić information content (AvgIpc) is 0.824. The van der Waals surface area contributed by atoms with E-state index in [0.717, 1.165) is 77.0 Å². The van der Waals surface area contributed by atoms with Crippen molar-refractivity contribution in [1.29, 1.82) is 0 Å². The van der Waals surface area contributed by atoms with Gasteiger partial charge < -0.3 is 80.4 Å². The van der Waals surface area contributed by atoms with Gasteiger partial charge in [0.15, 0.2) is 0 Å². The maximum atomic E-state index is 12.1. The maximum absolute atomic E-state index is 12.1. The molecule has 4 aliphatic rings. The quantitative estimate of drug-likeness (QED) is 0.0144. The second-order valence-corrected chi connectivity index (χ2v) is 35.2. The molecule has 129 heavy (non-hydrogen) atoms. The lowest BCUT2D eigenvalue weighted by Crippen LogP contribution is -2.55. The highest BCUT2D eigenvalue weighted by molar-refractivity contribution is 7.47. The van der Waals surface area contributed by atoms with E-state index in [1.54, 1.807) is 87.3 Å². The number of nitrogens with zero attached hydrogens (tertiary/aromatic N) is 12. The van der Waals surface area contributed by atoms with Gasteiger partial charge in [-0.3, -0.25) is 107 Å². The molecule has 9 atom stereocenters. The Bertz CT molecular complexity index is 4250. The van der Waals surface area contributed by atoms with Crippen molar-refractivity contribution in [3.05, 3.63) is 151 Å². The standard InChI is InChI=1S/C23H36N3O9P.3C22H33N3O6/c1-16(2)35-36(32,33)34-15-18-7-6-10-24-19(18)12-26(14-23(30)31)21-9-5-4-8-20(21)25(11-17(3)27)13-22(28)29;1-15(2)31-20-9-6-10-23-17(20)12-25(14-22(29)30)19-8-5-4-7-18(19)24(11-16(3)26)13-21(27)28;1-15(2)31-18-8-9-23-17(10-18)12-25(14-22(29)30)20-7-5-4-6-19(20)24(11-16(3)26)13-21(27)28;1-15(2)31-18-9-8-17(23-10-18)12-25(14-22(29)30)20-7-5-4-6-19(20)24(11-16(3)26)13-21(27)28/h6-7,10,16,20-21,27H,3-5,8-9,11-15H2,1-2H3,(H,28,29)(H,30,31)(H,32,33);6,9-10,15,18-19,26H,3-5,7-8,11-14H2,1-2H3,(H,27,28)(H,29,30);2*8-10,15,19-20,26H,3-7,11-14H2,1-2H3,(H,27,28)(H,29,30)/t20?,21-;18?,19-;2*19?,20-/m0000/s1. The zero-order chi connectivity index (χ0) is 95.8. The first-order valence-electron chi connectivity index (χ1n) is 43.4. The van der Waals surface area contributed by atoms with Crippen LogP contribution in [0.5, 0.6) is 17.2 Å². The summed E-state index contributed by atoms with van der Waals surface area (Å²) in [5.74, 6) is -6.63. The molecule has 4 aromatic heterocycles. The number of phosphoric acid groups is 1. The van der Waals surface area contributed by atoms with Gasteiger partial charge in [0.05, 0.1) is 162 Å². The smallest absolute Gasteiger partial charge is 0.472 e. The Morgan fingerprint density at radius 1 is 0.357 bits per heavy atom.